The maximum absolute atomic E-state index is 11.1. The monoisotopic (exact) mass is 202 g/mol. The lowest BCUT2D eigenvalue weighted by molar-refractivity contribution is -0.160. The van der Waals surface area contributed by atoms with Crippen LogP contribution < -0.4 is 11.5 Å². The van der Waals surface area contributed by atoms with Crippen LogP contribution in [0.15, 0.2) is 0 Å². The van der Waals surface area contributed by atoms with Gasteiger partial charge in [0.1, 0.15) is 6.04 Å². The highest BCUT2D eigenvalue weighted by atomic mass is 16.6. The van der Waals surface area contributed by atoms with Crippen molar-refractivity contribution in [2.24, 2.45) is 11.5 Å². The highest BCUT2D eigenvalue weighted by Crippen LogP contribution is 2.00. The van der Waals surface area contributed by atoms with Gasteiger partial charge in [-0.15, -0.1) is 0 Å². The number of hydrogen-bond donors (Lipinski definition) is 2. The fourth-order valence-electron chi connectivity index (χ4n) is 0.886. The Morgan fingerprint density at radius 1 is 1.36 bits per heavy atom. The van der Waals surface area contributed by atoms with E-state index in [9.17, 15) is 9.59 Å². The summed E-state index contributed by atoms with van der Waals surface area (Å²) in [6.45, 7) is 2.20. The standard InChI is InChI=1S/C9H18N2O3/c1-2-8(12)14-9(13)7(11)5-3-4-6-10/h7H,2-6,10-11H2,1H3. The molecule has 5 heteroatoms. The fourth-order valence-corrected chi connectivity index (χ4v) is 0.886. The Morgan fingerprint density at radius 3 is 2.50 bits per heavy atom. The predicted octanol–water partition coefficient (Wildman–Crippen LogP) is -0.0775. The van der Waals surface area contributed by atoms with Crippen LogP contribution in [0.5, 0.6) is 0 Å². The van der Waals surface area contributed by atoms with Crippen molar-refractivity contribution in [1.29, 1.82) is 0 Å². The van der Waals surface area contributed by atoms with Crippen molar-refractivity contribution in [2.75, 3.05) is 6.54 Å². The number of carbonyl (C=O) groups is 2. The van der Waals surface area contributed by atoms with Crippen LogP contribution in [0.3, 0.4) is 0 Å². The molecule has 0 aliphatic heterocycles. The molecule has 0 aliphatic rings. The van der Waals surface area contributed by atoms with E-state index in [0.29, 0.717) is 13.0 Å². The van der Waals surface area contributed by atoms with E-state index in [1.807, 2.05) is 0 Å². The van der Waals surface area contributed by atoms with Crippen molar-refractivity contribution >= 4 is 11.9 Å². The molecule has 5 nitrogen and oxygen atoms in total. The Balaban J connectivity index is 3.70. The number of hydrogen-bond acceptors (Lipinski definition) is 5. The average molecular weight is 202 g/mol. The topological polar surface area (TPSA) is 95.4 Å². The van der Waals surface area contributed by atoms with Gasteiger partial charge in [0, 0.05) is 6.42 Å². The van der Waals surface area contributed by atoms with E-state index in [2.05, 4.69) is 4.74 Å². The van der Waals surface area contributed by atoms with E-state index < -0.39 is 18.0 Å². The van der Waals surface area contributed by atoms with Gasteiger partial charge in [-0.1, -0.05) is 13.3 Å². The summed E-state index contributed by atoms with van der Waals surface area (Å²) < 4.78 is 4.46. The van der Waals surface area contributed by atoms with Crippen molar-refractivity contribution in [3.8, 4) is 0 Å². The molecule has 0 saturated heterocycles. The molecule has 0 fully saturated rings. The van der Waals surface area contributed by atoms with Crippen LogP contribution in [-0.4, -0.2) is 24.5 Å². The number of ether oxygens (including phenoxy) is 1. The molecule has 82 valence electrons. The Morgan fingerprint density at radius 2 is 2.00 bits per heavy atom. The summed E-state index contributed by atoms with van der Waals surface area (Å²) in [7, 11) is 0. The predicted molar refractivity (Wildman–Crippen MR) is 52.3 cm³/mol. The fraction of sp³-hybridized carbons (Fsp3) is 0.778. The first-order chi connectivity index (χ1) is 6.61. The summed E-state index contributed by atoms with van der Waals surface area (Å²) >= 11 is 0. The van der Waals surface area contributed by atoms with Gasteiger partial charge in [0.2, 0.25) is 0 Å². The first-order valence-electron chi connectivity index (χ1n) is 4.82. The normalized spacial score (nSPS) is 12.2. The molecule has 1 atom stereocenters. The lowest BCUT2D eigenvalue weighted by atomic mass is 10.1. The summed E-state index contributed by atoms with van der Waals surface area (Å²) in [4.78, 5) is 21.8. The third kappa shape index (κ3) is 5.66. The maximum atomic E-state index is 11.1. The summed E-state index contributed by atoms with van der Waals surface area (Å²) in [6.07, 6.45) is 2.28. The minimum absolute atomic E-state index is 0.182. The summed E-state index contributed by atoms with van der Waals surface area (Å²) in [5, 5.41) is 0. The Labute approximate surface area is 83.8 Å². The molecule has 0 spiro atoms. The summed E-state index contributed by atoms with van der Waals surface area (Å²) in [5.41, 5.74) is 10.8. The zero-order valence-electron chi connectivity index (χ0n) is 8.49. The SMILES string of the molecule is CCC(=O)OC(=O)C(N)CCCCN. The molecule has 0 aromatic rings. The van der Waals surface area contributed by atoms with Crippen LogP contribution in [0.2, 0.25) is 0 Å². The van der Waals surface area contributed by atoms with E-state index in [0.717, 1.165) is 12.8 Å². The van der Waals surface area contributed by atoms with Crippen LogP contribution in [-0.2, 0) is 14.3 Å². The number of esters is 2. The quantitative estimate of drug-likeness (QED) is 0.357. The molecule has 0 rings (SSSR count). The maximum Gasteiger partial charge on any atom is 0.330 e. The van der Waals surface area contributed by atoms with Crippen LogP contribution in [0.1, 0.15) is 32.6 Å². The molecule has 0 aromatic carbocycles. The zero-order valence-corrected chi connectivity index (χ0v) is 8.49. The van der Waals surface area contributed by atoms with E-state index in [-0.39, 0.29) is 6.42 Å². The van der Waals surface area contributed by atoms with Gasteiger partial charge in [-0.05, 0) is 19.4 Å². The van der Waals surface area contributed by atoms with Gasteiger partial charge in [0.25, 0.3) is 0 Å². The lowest BCUT2D eigenvalue weighted by Gasteiger charge is -2.08. The molecule has 0 heterocycles. The van der Waals surface area contributed by atoms with E-state index in [1.54, 1.807) is 6.92 Å². The van der Waals surface area contributed by atoms with Crippen molar-refractivity contribution in [2.45, 2.75) is 38.6 Å². The average Bonchev–Trinajstić information content (AvgIpc) is 2.17. The molecule has 0 amide bonds. The molecule has 14 heavy (non-hydrogen) atoms. The van der Waals surface area contributed by atoms with Crippen LogP contribution >= 0.6 is 0 Å². The highest BCUT2D eigenvalue weighted by molar-refractivity contribution is 5.88. The second kappa shape index (κ2) is 7.46. The van der Waals surface area contributed by atoms with Crippen LogP contribution in [0.4, 0.5) is 0 Å². The second-order valence-corrected chi connectivity index (χ2v) is 3.04. The molecular formula is C9H18N2O3. The van der Waals surface area contributed by atoms with Gasteiger partial charge >= 0.3 is 11.9 Å². The number of rotatable bonds is 6. The molecular weight excluding hydrogens is 184 g/mol. The summed E-state index contributed by atoms with van der Waals surface area (Å²) in [6, 6.07) is -0.711. The minimum Gasteiger partial charge on any atom is -0.392 e. The van der Waals surface area contributed by atoms with Gasteiger partial charge in [-0.25, -0.2) is 4.79 Å². The van der Waals surface area contributed by atoms with Gasteiger partial charge in [0.15, 0.2) is 0 Å². The number of nitrogens with two attached hydrogens (primary N) is 2. The molecule has 0 aliphatic carbocycles. The first-order valence-corrected chi connectivity index (χ1v) is 4.82. The van der Waals surface area contributed by atoms with Gasteiger partial charge in [-0.3, -0.25) is 4.79 Å². The number of carbonyl (C=O) groups excluding carboxylic acids is 2. The molecule has 0 radical (unpaired) electrons. The Hall–Kier alpha value is -0.940. The molecule has 1 unspecified atom stereocenters. The molecule has 0 bridgehead atoms. The molecule has 0 aromatic heterocycles. The third-order valence-electron chi connectivity index (χ3n) is 1.78. The highest BCUT2D eigenvalue weighted by Gasteiger charge is 2.17. The number of unbranched alkanes of at least 4 members (excludes halogenated alkanes) is 1. The third-order valence-corrected chi connectivity index (χ3v) is 1.78. The van der Waals surface area contributed by atoms with Crippen molar-refractivity contribution < 1.29 is 14.3 Å². The van der Waals surface area contributed by atoms with Crippen LogP contribution in [0.25, 0.3) is 0 Å². The van der Waals surface area contributed by atoms with Gasteiger partial charge in [0.05, 0.1) is 0 Å². The van der Waals surface area contributed by atoms with E-state index in [4.69, 9.17) is 11.5 Å². The van der Waals surface area contributed by atoms with E-state index in [1.165, 1.54) is 0 Å². The smallest absolute Gasteiger partial charge is 0.330 e. The zero-order chi connectivity index (χ0) is 11.0. The van der Waals surface area contributed by atoms with Crippen molar-refractivity contribution in [1.82, 2.24) is 0 Å². The van der Waals surface area contributed by atoms with Gasteiger partial charge < -0.3 is 16.2 Å². The minimum atomic E-state index is -0.711. The Kier molecular flexibility index (Phi) is 6.96. The van der Waals surface area contributed by atoms with Crippen molar-refractivity contribution in [3.05, 3.63) is 0 Å². The summed E-state index contributed by atoms with van der Waals surface area (Å²) in [5.74, 6) is -1.18. The van der Waals surface area contributed by atoms with Crippen molar-refractivity contribution in [3.63, 3.8) is 0 Å². The first kappa shape index (κ1) is 13.1. The molecule has 0 saturated carbocycles. The molecule has 4 N–H and O–H groups in total. The van der Waals surface area contributed by atoms with Crippen LogP contribution in [0, 0.1) is 0 Å². The Bertz CT molecular complexity index is 194. The van der Waals surface area contributed by atoms with Gasteiger partial charge in [-0.2, -0.15) is 0 Å². The van der Waals surface area contributed by atoms with E-state index >= 15 is 0 Å². The second-order valence-electron chi connectivity index (χ2n) is 3.04. The lowest BCUT2D eigenvalue weighted by Crippen LogP contribution is -2.33. The largest absolute Gasteiger partial charge is 0.392 e.